The Morgan fingerprint density at radius 3 is 2.38 bits per heavy atom. The summed E-state index contributed by atoms with van der Waals surface area (Å²) in [4.78, 5) is 56.2. The number of primary amides is 1. The van der Waals surface area contributed by atoms with Gasteiger partial charge >= 0.3 is 12.1 Å². The Bertz CT molecular complexity index is 1140. The fourth-order valence-electron chi connectivity index (χ4n) is 4.15. The van der Waals surface area contributed by atoms with E-state index in [9.17, 15) is 32.3 Å². The van der Waals surface area contributed by atoms with E-state index < -0.39 is 71.2 Å². The zero-order valence-corrected chi connectivity index (χ0v) is 22.3. The van der Waals surface area contributed by atoms with E-state index in [1.807, 2.05) is 0 Å². The van der Waals surface area contributed by atoms with Crippen molar-refractivity contribution in [1.29, 1.82) is 5.26 Å². The van der Waals surface area contributed by atoms with Crippen LogP contribution in [0.4, 0.5) is 18.9 Å². The van der Waals surface area contributed by atoms with Gasteiger partial charge < -0.3 is 20.7 Å². The van der Waals surface area contributed by atoms with Gasteiger partial charge in [-0.15, -0.1) is 0 Å². The molecule has 2 rings (SSSR count). The SMILES string of the molecule is CCN(OCC(=O)N[C@H](C(=O)N1C[C@H](OC(C)=O)C[C@H]1C(N)=O)C(C)(C)C)c1ccc(C#N)c(C(F)(F)F)c1. The number of hydroxylamine groups is 1. The molecule has 0 saturated carbocycles. The topological polar surface area (TPSA) is 155 Å². The summed E-state index contributed by atoms with van der Waals surface area (Å²) in [5, 5.41) is 12.6. The zero-order valence-electron chi connectivity index (χ0n) is 22.3. The smallest absolute Gasteiger partial charge is 0.417 e. The van der Waals surface area contributed by atoms with E-state index in [0.29, 0.717) is 0 Å². The normalized spacial score (nSPS) is 18.2. The Morgan fingerprint density at radius 1 is 1.26 bits per heavy atom. The van der Waals surface area contributed by atoms with Crippen LogP contribution in [-0.4, -0.2) is 66.5 Å². The molecule has 0 bridgehead atoms. The number of anilines is 1. The van der Waals surface area contributed by atoms with Crippen molar-refractivity contribution in [3.8, 4) is 6.07 Å². The minimum absolute atomic E-state index is 0.0184. The van der Waals surface area contributed by atoms with Crippen LogP contribution in [0.3, 0.4) is 0 Å². The number of hydrogen-bond donors (Lipinski definition) is 2. The lowest BCUT2D eigenvalue weighted by Crippen LogP contribution is -2.58. The molecular weight excluding hydrogens is 523 g/mol. The molecule has 1 fully saturated rings. The Kier molecular flexibility index (Phi) is 9.92. The van der Waals surface area contributed by atoms with E-state index in [1.165, 1.54) is 24.0 Å². The van der Waals surface area contributed by atoms with E-state index >= 15 is 0 Å². The number of halogens is 3. The predicted octanol–water partition coefficient (Wildman–Crippen LogP) is 1.88. The van der Waals surface area contributed by atoms with Gasteiger partial charge in [0.05, 0.1) is 29.4 Å². The molecule has 14 heteroatoms. The molecule has 1 saturated heterocycles. The summed E-state index contributed by atoms with van der Waals surface area (Å²) in [5.74, 6) is -2.75. The average Bonchev–Trinajstić information content (AvgIpc) is 3.24. The lowest BCUT2D eigenvalue weighted by atomic mass is 9.85. The van der Waals surface area contributed by atoms with Crippen molar-refractivity contribution in [2.24, 2.45) is 11.1 Å². The maximum absolute atomic E-state index is 13.5. The molecule has 39 heavy (non-hydrogen) atoms. The average molecular weight is 556 g/mol. The third kappa shape index (κ3) is 8.06. The van der Waals surface area contributed by atoms with Crippen molar-refractivity contribution in [2.45, 2.75) is 65.4 Å². The van der Waals surface area contributed by atoms with E-state index in [-0.39, 0.29) is 25.2 Å². The fraction of sp³-hybridized carbons (Fsp3) is 0.560. The number of nitriles is 1. The van der Waals surface area contributed by atoms with Crippen molar-refractivity contribution in [1.82, 2.24) is 10.2 Å². The van der Waals surface area contributed by atoms with Gasteiger partial charge in [-0.3, -0.25) is 29.1 Å². The number of nitrogens with zero attached hydrogens (tertiary/aromatic N) is 3. The van der Waals surface area contributed by atoms with Crippen molar-refractivity contribution >= 4 is 29.4 Å². The van der Waals surface area contributed by atoms with E-state index in [4.69, 9.17) is 20.6 Å². The first-order valence-electron chi connectivity index (χ1n) is 12.1. The molecule has 0 aromatic heterocycles. The Morgan fingerprint density at radius 2 is 1.90 bits per heavy atom. The lowest BCUT2D eigenvalue weighted by Gasteiger charge is -2.35. The molecular formula is C25H32F3N5O6. The van der Waals surface area contributed by atoms with Crippen LogP contribution < -0.4 is 16.1 Å². The highest BCUT2D eigenvalue weighted by Gasteiger charge is 2.45. The molecule has 3 atom stereocenters. The van der Waals surface area contributed by atoms with Gasteiger partial charge in [0.15, 0.2) is 6.61 Å². The number of nitrogens with one attached hydrogen (secondary N) is 1. The van der Waals surface area contributed by atoms with Crippen LogP contribution in [0.1, 0.15) is 52.2 Å². The highest BCUT2D eigenvalue weighted by molar-refractivity contribution is 5.93. The maximum atomic E-state index is 13.5. The first-order valence-corrected chi connectivity index (χ1v) is 12.1. The second-order valence-electron chi connectivity index (χ2n) is 10.1. The molecule has 11 nitrogen and oxygen atoms in total. The molecule has 3 N–H and O–H groups in total. The van der Waals surface area contributed by atoms with Gasteiger partial charge in [-0.2, -0.15) is 18.4 Å². The quantitative estimate of drug-likeness (QED) is 0.346. The van der Waals surface area contributed by atoms with Crippen LogP contribution >= 0.6 is 0 Å². The summed E-state index contributed by atoms with van der Waals surface area (Å²) < 4.78 is 45.2. The number of ether oxygens (including phenoxy) is 1. The molecule has 0 aliphatic carbocycles. The second kappa shape index (κ2) is 12.3. The van der Waals surface area contributed by atoms with E-state index in [0.717, 1.165) is 17.2 Å². The molecule has 1 aliphatic heterocycles. The first kappa shape index (κ1) is 31.4. The molecule has 1 aromatic rings. The van der Waals surface area contributed by atoms with Gasteiger partial charge in [-0.25, -0.2) is 0 Å². The summed E-state index contributed by atoms with van der Waals surface area (Å²) in [6.45, 7) is 7.16. The number of rotatable bonds is 9. The number of carbonyl (C=O) groups excluding carboxylic acids is 4. The van der Waals surface area contributed by atoms with E-state index in [1.54, 1.807) is 27.7 Å². The number of carbonyl (C=O) groups is 4. The molecule has 1 heterocycles. The number of amides is 3. The van der Waals surface area contributed by atoms with Crippen molar-refractivity contribution in [3.05, 3.63) is 29.3 Å². The molecule has 0 radical (unpaired) electrons. The summed E-state index contributed by atoms with van der Waals surface area (Å²) >= 11 is 0. The van der Waals surface area contributed by atoms with E-state index in [2.05, 4.69) is 5.32 Å². The van der Waals surface area contributed by atoms with Gasteiger partial charge in [0.1, 0.15) is 18.2 Å². The van der Waals surface area contributed by atoms with Crippen LogP contribution in [0, 0.1) is 16.7 Å². The van der Waals surface area contributed by atoms with Gasteiger partial charge in [0.25, 0.3) is 0 Å². The minimum atomic E-state index is -4.77. The lowest BCUT2D eigenvalue weighted by molar-refractivity contribution is -0.147. The largest absolute Gasteiger partial charge is 0.461 e. The predicted molar refractivity (Wildman–Crippen MR) is 131 cm³/mol. The van der Waals surface area contributed by atoms with Crippen molar-refractivity contribution in [2.75, 3.05) is 24.8 Å². The van der Waals surface area contributed by atoms with Gasteiger partial charge in [-0.05, 0) is 30.5 Å². The van der Waals surface area contributed by atoms with Gasteiger partial charge in [-0.1, -0.05) is 20.8 Å². The molecule has 3 amide bonds. The Labute approximate surface area is 223 Å². The molecule has 1 aliphatic rings. The van der Waals surface area contributed by atoms with Gasteiger partial charge in [0, 0.05) is 19.9 Å². The highest BCUT2D eigenvalue weighted by atomic mass is 19.4. The monoisotopic (exact) mass is 555 g/mol. The Balaban J connectivity index is 2.18. The number of likely N-dealkylation sites (tertiary alicyclic amines) is 1. The zero-order chi connectivity index (χ0) is 29.7. The number of benzene rings is 1. The summed E-state index contributed by atoms with van der Waals surface area (Å²) in [6, 6.07) is 2.32. The molecule has 1 aromatic carbocycles. The highest BCUT2D eigenvalue weighted by Crippen LogP contribution is 2.34. The number of alkyl halides is 3. The standard InChI is InChI=1S/C25H32F3N5O6/c1-6-33(16-8-7-15(11-29)18(9-16)25(26,27)28)38-13-20(35)31-21(24(3,4)5)23(37)32-12-17(39-14(2)34)10-19(32)22(30)36/h7-9,17,19,21H,6,10,12-13H2,1-5H3,(H2,30,36)(H,31,35)/t17-,19+,21-/m1/s1. The maximum Gasteiger partial charge on any atom is 0.417 e. The van der Waals surface area contributed by atoms with Crippen molar-refractivity contribution < 1.29 is 41.9 Å². The van der Waals surface area contributed by atoms with Crippen LogP contribution in [-0.2, 0) is 34.9 Å². The number of hydrogen-bond acceptors (Lipinski definition) is 8. The summed E-state index contributed by atoms with van der Waals surface area (Å²) in [5.41, 5.74) is 2.89. The fourth-order valence-corrected chi connectivity index (χ4v) is 4.15. The minimum Gasteiger partial charge on any atom is -0.461 e. The summed E-state index contributed by atoms with van der Waals surface area (Å²) in [6.07, 6.45) is -5.49. The Hall–Kier alpha value is -3.86. The summed E-state index contributed by atoms with van der Waals surface area (Å²) in [7, 11) is 0. The molecule has 214 valence electrons. The van der Waals surface area contributed by atoms with Crippen LogP contribution in [0.5, 0.6) is 0 Å². The third-order valence-corrected chi connectivity index (χ3v) is 5.98. The molecule has 0 unspecified atom stereocenters. The first-order chi connectivity index (χ1) is 18.0. The number of nitrogens with two attached hydrogens (primary N) is 1. The van der Waals surface area contributed by atoms with Crippen LogP contribution in [0.15, 0.2) is 18.2 Å². The van der Waals surface area contributed by atoms with Crippen LogP contribution in [0.2, 0.25) is 0 Å². The van der Waals surface area contributed by atoms with Crippen molar-refractivity contribution in [3.63, 3.8) is 0 Å². The van der Waals surface area contributed by atoms with Crippen LogP contribution in [0.25, 0.3) is 0 Å². The third-order valence-electron chi connectivity index (χ3n) is 5.98. The number of esters is 1. The second-order valence-corrected chi connectivity index (χ2v) is 10.1. The molecule has 0 spiro atoms. The van der Waals surface area contributed by atoms with Gasteiger partial charge in [0.2, 0.25) is 17.7 Å².